The zero-order valence-corrected chi connectivity index (χ0v) is 13.1. The number of benzene rings is 1. The molecule has 0 atom stereocenters. The van der Waals surface area contributed by atoms with Gasteiger partial charge in [-0.2, -0.15) is 10.3 Å². The van der Waals surface area contributed by atoms with Crippen LogP contribution in [0.25, 0.3) is 0 Å². The lowest BCUT2D eigenvalue weighted by molar-refractivity contribution is 0.305. The predicted molar refractivity (Wildman–Crippen MR) is 87.7 cm³/mol. The van der Waals surface area contributed by atoms with E-state index in [9.17, 15) is 9.65 Å². The summed E-state index contributed by atoms with van der Waals surface area (Å²) in [6.45, 7) is 0. The van der Waals surface area contributed by atoms with Crippen molar-refractivity contribution in [3.63, 3.8) is 0 Å². The van der Waals surface area contributed by atoms with Crippen molar-refractivity contribution in [1.29, 1.82) is 5.26 Å². The van der Waals surface area contributed by atoms with E-state index in [1.54, 1.807) is 11.0 Å². The Morgan fingerprint density at radius 1 is 1.26 bits per heavy atom. The van der Waals surface area contributed by atoms with Crippen molar-refractivity contribution in [3.05, 3.63) is 28.5 Å². The molecule has 0 bridgehead atoms. The summed E-state index contributed by atoms with van der Waals surface area (Å²) in [6.07, 6.45) is 4.39. The third-order valence-corrected chi connectivity index (χ3v) is 4.57. The van der Waals surface area contributed by atoms with Crippen LogP contribution < -0.4 is 16.4 Å². The molecule has 23 heavy (non-hydrogen) atoms. The van der Waals surface area contributed by atoms with Crippen LogP contribution in [0.3, 0.4) is 0 Å². The number of guanidine groups is 2. The summed E-state index contributed by atoms with van der Waals surface area (Å²) in [5.74, 6) is -0.556. The van der Waals surface area contributed by atoms with Crippen LogP contribution in [0.5, 0.6) is 0 Å². The van der Waals surface area contributed by atoms with E-state index < -0.39 is 11.5 Å². The number of nitriles is 1. The molecule has 0 radical (unpaired) electrons. The lowest BCUT2D eigenvalue weighted by atomic mass is 9.87. The van der Waals surface area contributed by atoms with Gasteiger partial charge in [-0.25, -0.2) is 9.38 Å². The molecule has 0 aromatic heterocycles. The van der Waals surface area contributed by atoms with Gasteiger partial charge in [0.1, 0.15) is 17.3 Å². The first-order chi connectivity index (χ1) is 11.0. The molecule has 120 valence electrons. The van der Waals surface area contributed by atoms with E-state index in [0.717, 1.165) is 19.3 Å². The molecule has 0 amide bonds. The second-order valence-electron chi connectivity index (χ2n) is 5.69. The quantitative estimate of drug-likeness (QED) is 0.823. The average molecular weight is 335 g/mol. The van der Waals surface area contributed by atoms with Gasteiger partial charge in [0.15, 0.2) is 5.82 Å². The Hall–Kier alpha value is -2.33. The van der Waals surface area contributed by atoms with Gasteiger partial charge in [0.2, 0.25) is 11.9 Å². The number of halogens is 2. The van der Waals surface area contributed by atoms with Crippen LogP contribution in [-0.2, 0) is 0 Å². The molecule has 1 fully saturated rings. The largest absolute Gasteiger partial charge is 0.369 e. The topological polar surface area (TPSA) is 104 Å². The summed E-state index contributed by atoms with van der Waals surface area (Å²) in [7, 11) is 0. The second-order valence-corrected chi connectivity index (χ2v) is 6.09. The summed E-state index contributed by atoms with van der Waals surface area (Å²) in [4.78, 5) is 10.1. The molecule has 1 aliphatic carbocycles. The van der Waals surface area contributed by atoms with Gasteiger partial charge in [-0.05, 0) is 37.8 Å². The monoisotopic (exact) mass is 334 g/mol. The van der Waals surface area contributed by atoms with Crippen molar-refractivity contribution >= 4 is 29.2 Å². The molecule has 0 unspecified atom stereocenters. The zero-order chi connectivity index (χ0) is 16.6. The van der Waals surface area contributed by atoms with Gasteiger partial charge in [-0.1, -0.05) is 18.0 Å². The maximum atomic E-state index is 14.3. The van der Waals surface area contributed by atoms with E-state index in [0.29, 0.717) is 18.5 Å². The van der Waals surface area contributed by atoms with E-state index in [1.165, 1.54) is 6.07 Å². The summed E-state index contributed by atoms with van der Waals surface area (Å²) >= 11 is 5.79. The fourth-order valence-electron chi connectivity index (χ4n) is 3.30. The predicted octanol–water partition coefficient (Wildman–Crippen LogP) is 2.46. The highest BCUT2D eigenvalue weighted by Crippen LogP contribution is 2.41. The third-order valence-electron chi connectivity index (χ3n) is 4.28. The summed E-state index contributed by atoms with van der Waals surface area (Å²) in [6, 6.07) is 4.83. The summed E-state index contributed by atoms with van der Waals surface area (Å²) in [5, 5.41) is 9.25. The molecule has 3 rings (SSSR count). The number of nitrogens with zero attached hydrogens (tertiary/aromatic N) is 4. The number of anilines is 1. The highest BCUT2D eigenvalue weighted by molar-refractivity contribution is 6.31. The molecule has 2 aliphatic rings. The number of rotatable bonds is 1. The lowest BCUT2D eigenvalue weighted by Crippen LogP contribution is -2.58. The Kier molecular flexibility index (Phi) is 3.86. The van der Waals surface area contributed by atoms with Crippen molar-refractivity contribution < 1.29 is 4.39 Å². The van der Waals surface area contributed by atoms with E-state index in [1.807, 2.05) is 6.07 Å². The van der Waals surface area contributed by atoms with Gasteiger partial charge in [0.25, 0.3) is 0 Å². The Morgan fingerprint density at radius 2 is 1.96 bits per heavy atom. The fraction of sp³-hybridized carbons (Fsp3) is 0.400. The summed E-state index contributed by atoms with van der Waals surface area (Å²) in [5.41, 5.74) is 11.3. The van der Waals surface area contributed by atoms with E-state index in [2.05, 4.69) is 9.98 Å². The Balaban J connectivity index is 2.19. The molecule has 1 spiro atoms. The number of hydrogen-bond acceptors (Lipinski definition) is 6. The van der Waals surface area contributed by atoms with Crippen LogP contribution in [0.1, 0.15) is 37.7 Å². The minimum absolute atomic E-state index is 0.105. The minimum atomic E-state index is -0.770. The van der Waals surface area contributed by atoms with Gasteiger partial charge in [-0.3, -0.25) is 4.90 Å². The van der Waals surface area contributed by atoms with Crippen LogP contribution in [0, 0.1) is 17.1 Å². The number of aliphatic imine (C=N–C) groups is 2. The standard InChI is InChI=1S/C15H16ClFN6/c16-10-4-5-11(9(8-18)12(10)17)23-14(20)21-13(19)22-15(23)6-2-1-3-7-15/h4-5H,1-3,6-7H2,(H4,19,20,21,22). The smallest absolute Gasteiger partial charge is 0.220 e. The average Bonchev–Trinajstić information content (AvgIpc) is 2.51. The van der Waals surface area contributed by atoms with Gasteiger partial charge in [-0.15, -0.1) is 0 Å². The summed E-state index contributed by atoms with van der Waals surface area (Å²) < 4.78 is 14.3. The molecule has 1 aromatic carbocycles. The van der Waals surface area contributed by atoms with E-state index in [4.69, 9.17) is 23.1 Å². The van der Waals surface area contributed by atoms with Gasteiger partial charge in [0, 0.05) is 0 Å². The zero-order valence-electron chi connectivity index (χ0n) is 12.4. The fourth-order valence-corrected chi connectivity index (χ4v) is 3.46. The highest BCUT2D eigenvalue weighted by Gasteiger charge is 2.43. The van der Waals surface area contributed by atoms with E-state index in [-0.39, 0.29) is 22.5 Å². The Labute approximate surface area is 138 Å². The molecular formula is C15H16ClFN6. The first-order valence-corrected chi connectivity index (χ1v) is 7.74. The molecule has 6 nitrogen and oxygen atoms in total. The van der Waals surface area contributed by atoms with Crippen molar-refractivity contribution in [2.45, 2.75) is 37.8 Å². The van der Waals surface area contributed by atoms with Crippen LogP contribution in [0.4, 0.5) is 10.1 Å². The van der Waals surface area contributed by atoms with Crippen molar-refractivity contribution in [3.8, 4) is 6.07 Å². The van der Waals surface area contributed by atoms with Gasteiger partial charge < -0.3 is 11.5 Å². The first kappa shape index (κ1) is 15.6. The second kappa shape index (κ2) is 5.70. The van der Waals surface area contributed by atoms with Crippen molar-refractivity contribution in [2.75, 3.05) is 4.90 Å². The van der Waals surface area contributed by atoms with Crippen LogP contribution >= 0.6 is 11.6 Å². The Bertz CT molecular complexity index is 745. The third kappa shape index (κ3) is 2.49. The van der Waals surface area contributed by atoms with Crippen LogP contribution in [0.2, 0.25) is 5.02 Å². The molecule has 4 N–H and O–H groups in total. The van der Waals surface area contributed by atoms with Crippen LogP contribution in [-0.4, -0.2) is 17.6 Å². The first-order valence-electron chi connectivity index (χ1n) is 7.36. The maximum absolute atomic E-state index is 14.3. The molecular weight excluding hydrogens is 319 g/mol. The number of hydrogen-bond donors (Lipinski definition) is 2. The molecule has 1 aliphatic heterocycles. The highest BCUT2D eigenvalue weighted by atomic mass is 35.5. The molecule has 8 heteroatoms. The van der Waals surface area contributed by atoms with Crippen molar-refractivity contribution in [1.82, 2.24) is 0 Å². The Morgan fingerprint density at radius 3 is 2.61 bits per heavy atom. The maximum Gasteiger partial charge on any atom is 0.220 e. The minimum Gasteiger partial charge on any atom is -0.369 e. The molecule has 1 aromatic rings. The van der Waals surface area contributed by atoms with Gasteiger partial charge >= 0.3 is 0 Å². The SMILES string of the molecule is N#Cc1c(N2C(N)=NC(N)=NC23CCCCC3)ccc(Cl)c1F. The normalized spacial score (nSPS) is 20.0. The molecule has 1 heterocycles. The molecule has 0 saturated heterocycles. The lowest BCUT2D eigenvalue weighted by Gasteiger charge is -2.45. The van der Waals surface area contributed by atoms with Crippen molar-refractivity contribution in [2.24, 2.45) is 21.5 Å². The van der Waals surface area contributed by atoms with Crippen LogP contribution in [0.15, 0.2) is 22.1 Å². The van der Waals surface area contributed by atoms with E-state index >= 15 is 0 Å². The van der Waals surface area contributed by atoms with Gasteiger partial charge in [0.05, 0.1) is 10.7 Å². The molecule has 1 saturated carbocycles. The number of nitrogens with two attached hydrogens (primary N) is 2.